The molecular formula is C15H17NO2S. The van der Waals surface area contributed by atoms with Crippen LogP contribution in [0.1, 0.15) is 16.8 Å². The van der Waals surface area contributed by atoms with Crippen molar-refractivity contribution in [1.29, 1.82) is 0 Å². The van der Waals surface area contributed by atoms with Crippen LogP contribution >= 0.6 is 11.8 Å². The van der Waals surface area contributed by atoms with Crippen LogP contribution in [0.4, 0.5) is 0 Å². The first-order valence-corrected chi connectivity index (χ1v) is 7.01. The molecule has 100 valence electrons. The van der Waals surface area contributed by atoms with Gasteiger partial charge in [0.25, 0.3) is 0 Å². The fourth-order valence-electron chi connectivity index (χ4n) is 1.91. The molecule has 2 rings (SSSR count). The highest BCUT2D eigenvalue weighted by Gasteiger charge is 2.09. The summed E-state index contributed by atoms with van der Waals surface area (Å²) < 4.78 is 5.40. The lowest BCUT2D eigenvalue weighted by Gasteiger charge is -2.12. The van der Waals surface area contributed by atoms with E-state index in [2.05, 4.69) is 4.98 Å². The molecule has 0 saturated carbocycles. The molecular weight excluding hydrogens is 258 g/mol. The van der Waals surface area contributed by atoms with E-state index in [4.69, 9.17) is 4.74 Å². The minimum absolute atomic E-state index is 0.288. The topological polar surface area (TPSA) is 42.4 Å². The number of thioether (sulfide) groups is 1. The number of pyridine rings is 1. The van der Waals surface area contributed by atoms with Gasteiger partial charge in [-0.2, -0.15) is 0 Å². The number of phenolic OH excluding ortho intramolecular Hbond substituents is 1. The highest BCUT2D eigenvalue weighted by atomic mass is 32.2. The van der Waals surface area contributed by atoms with Gasteiger partial charge in [-0.05, 0) is 38.1 Å². The van der Waals surface area contributed by atoms with Crippen molar-refractivity contribution in [3.63, 3.8) is 0 Å². The Bertz CT molecular complexity index is 567. The summed E-state index contributed by atoms with van der Waals surface area (Å²) >= 11 is 1.69. The first-order valence-electron chi connectivity index (χ1n) is 6.02. The fourth-order valence-corrected chi connectivity index (χ4v) is 2.83. The van der Waals surface area contributed by atoms with Gasteiger partial charge in [0.15, 0.2) is 0 Å². The lowest BCUT2D eigenvalue weighted by molar-refractivity contribution is 0.407. The molecule has 2 aromatic rings. The Morgan fingerprint density at radius 2 is 1.89 bits per heavy atom. The van der Waals surface area contributed by atoms with Crippen LogP contribution in [-0.4, -0.2) is 17.2 Å². The van der Waals surface area contributed by atoms with Crippen LogP contribution in [0.2, 0.25) is 0 Å². The molecule has 1 aromatic carbocycles. The average Bonchev–Trinajstić information content (AvgIpc) is 2.40. The average molecular weight is 275 g/mol. The molecule has 0 amide bonds. The Morgan fingerprint density at radius 1 is 1.21 bits per heavy atom. The van der Waals surface area contributed by atoms with Gasteiger partial charge in [-0.15, -0.1) is 11.8 Å². The number of benzene rings is 1. The Kier molecular flexibility index (Phi) is 4.32. The predicted octanol–water partition coefficient (Wildman–Crippen LogP) is 3.70. The third-order valence-electron chi connectivity index (χ3n) is 2.96. The molecule has 0 aliphatic heterocycles. The normalized spacial score (nSPS) is 10.5. The monoisotopic (exact) mass is 275 g/mol. The molecule has 0 aliphatic rings. The summed E-state index contributed by atoms with van der Waals surface area (Å²) in [5.74, 6) is 1.99. The zero-order valence-electron chi connectivity index (χ0n) is 11.3. The zero-order valence-corrected chi connectivity index (χ0v) is 12.1. The molecule has 0 spiro atoms. The van der Waals surface area contributed by atoms with Gasteiger partial charge in [0, 0.05) is 28.0 Å². The van der Waals surface area contributed by atoms with E-state index in [0.29, 0.717) is 0 Å². The molecule has 1 heterocycles. The summed E-state index contributed by atoms with van der Waals surface area (Å²) in [4.78, 5) is 5.58. The second kappa shape index (κ2) is 5.97. The van der Waals surface area contributed by atoms with E-state index >= 15 is 0 Å². The minimum Gasteiger partial charge on any atom is -0.508 e. The summed E-state index contributed by atoms with van der Waals surface area (Å²) in [6, 6.07) is 7.19. The Balaban J connectivity index is 2.13. The molecule has 1 N–H and O–H groups in total. The SMILES string of the molecule is COc1c(C)cnc(CSc2ccc(O)cc2)c1C. The third kappa shape index (κ3) is 3.20. The largest absolute Gasteiger partial charge is 0.508 e. The number of rotatable bonds is 4. The van der Waals surface area contributed by atoms with Crippen LogP contribution in [0.25, 0.3) is 0 Å². The van der Waals surface area contributed by atoms with E-state index in [0.717, 1.165) is 33.2 Å². The van der Waals surface area contributed by atoms with Crippen LogP contribution < -0.4 is 4.74 Å². The van der Waals surface area contributed by atoms with Crippen molar-refractivity contribution in [1.82, 2.24) is 4.98 Å². The summed E-state index contributed by atoms with van der Waals surface area (Å²) in [6.07, 6.45) is 1.85. The smallest absolute Gasteiger partial charge is 0.128 e. The van der Waals surface area contributed by atoms with Crippen molar-refractivity contribution in [3.05, 3.63) is 47.3 Å². The molecule has 3 nitrogen and oxygen atoms in total. The van der Waals surface area contributed by atoms with E-state index in [1.54, 1.807) is 31.0 Å². The van der Waals surface area contributed by atoms with Crippen molar-refractivity contribution < 1.29 is 9.84 Å². The van der Waals surface area contributed by atoms with Crippen molar-refractivity contribution in [2.75, 3.05) is 7.11 Å². The van der Waals surface area contributed by atoms with Gasteiger partial charge >= 0.3 is 0 Å². The first kappa shape index (κ1) is 13.7. The highest BCUT2D eigenvalue weighted by Crippen LogP contribution is 2.29. The summed E-state index contributed by atoms with van der Waals surface area (Å²) in [5.41, 5.74) is 3.17. The van der Waals surface area contributed by atoms with Crippen molar-refractivity contribution in [2.45, 2.75) is 24.5 Å². The van der Waals surface area contributed by atoms with Gasteiger partial charge in [-0.25, -0.2) is 0 Å². The molecule has 0 saturated heterocycles. The van der Waals surface area contributed by atoms with E-state index in [9.17, 15) is 5.11 Å². The lowest BCUT2D eigenvalue weighted by Crippen LogP contribution is -1.98. The number of aromatic nitrogens is 1. The molecule has 19 heavy (non-hydrogen) atoms. The van der Waals surface area contributed by atoms with Crippen LogP contribution in [-0.2, 0) is 5.75 Å². The van der Waals surface area contributed by atoms with E-state index in [1.165, 1.54) is 0 Å². The highest BCUT2D eigenvalue weighted by molar-refractivity contribution is 7.98. The molecule has 0 unspecified atom stereocenters. The van der Waals surface area contributed by atoms with Crippen LogP contribution in [0, 0.1) is 13.8 Å². The summed E-state index contributed by atoms with van der Waals surface area (Å²) in [5, 5.41) is 9.25. The quantitative estimate of drug-likeness (QED) is 0.864. The van der Waals surface area contributed by atoms with Gasteiger partial charge in [-0.1, -0.05) is 0 Å². The Hall–Kier alpha value is -1.68. The van der Waals surface area contributed by atoms with Crippen LogP contribution in [0.15, 0.2) is 35.4 Å². The number of phenols is 1. The predicted molar refractivity (Wildman–Crippen MR) is 77.9 cm³/mol. The standard InChI is InChI=1S/C15H17NO2S/c1-10-8-16-14(11(2)15(10)18-3)9-19-13-6-4-12(17)5-7-13/h4-8,17H,9H2,1-3H3. The molecule has 4 heteroatoms. The third-order valence-corrected chi connectivity index (χ3v) is 3.99. The van der Waals surface area contributed by atoms with Gasteiger partial charge in [0.1, 0.15) is 11.5 Å². The number of aromatic hydroxyl groups is 1. The Labute approximate surface area is 117 Å². The number of methoxy groups -OCH3 is 1. The molecule has 0 radical (unpaired) electrons. The van der Waals surface area contributed by atoms with E-state index in [-0.39, 0.29) is 5.75 Å². The summed E-state index contributed by atoms with van der Waals surface area (Å²) in [7, 11) is 1.69. The van der Waals surface area contributed by atoms with Gasteiger partial charge in [0.05, 0.1) is 12.8 Å². The molecule has 1 aromatic heterocycles. The second-order valence-electron chi connectivity index (χ2n) is 4.33. The first-order chi connectivity index (χ1) is 9.11. The molecule has 0 bridgehead atoms. The van der Waals surface area contributed by atoms with Gasteiger partial charge in [-0.3, -0.25) is 4.98 Å². The number of aryl methyl sites for hydroxylation is 1. The molecule has 0 atom stereocenters. The van der Waals surface area contributed by atoms with Gasteiger partial charge < -0.3 is 9.84 Å². The Morgan fingerprint density at radius 3 is 2.53 bits per heavy atom. The van der Waals surface area contributed by atoms with E-state index < -0.39 is 0 Å². The van der Waals surface area contributed by atoms with Crippen molar-refractivity contribution in [2.24, 2.45) is 0 Å². The van der Waals surface area contributed by atoms with Crippen LogP contribution in [0.3, 0.4) is 0 Å². The maximum Gasteiger partial charge on any atom is 0.128 e. The fraction of sp³-hybridized carbons (Fsp3) is 0.267. The minimum atomic E-state index is 0.288. The van der Waals surface area contributed by atoms with Gasteiger partial charge in [0.2, 0.25) is 0 Å². The number of hydrogen-bond donors (Lipinski definition) is 1. The number of nitrogens with zero attached hydrogens (tertiary/aromatic N) is 1. The second-order valence-corrected chi connectivity index (χ2v) is 5.38. The van der Waals surface area contributed by atoms with Crippen LogP contribution in [0.5, 0.6) is 11.5 Å². The lowest BCUT2D eigenvalue weighted by atomic mass is 10.1. The number of ether oxygens (including phenoxy) is 1. The molecule has 0 aliphatic carbocycles. The zero-order chi connectivity index (χ0) is 13.8. The summed E-state index contributed by atoms with van der Waals surface area (Å²) in [6.45, 7) is 4.03. The van der Waals surface area contributed by atoms with E-state index in [1.807, 2.05) is 32.2 Å². The maximum atomic E-state index is 9.25. The molecule has 0 fully saturated rings. The van der Waals surface area contributed by atoms with Crippen molar-refractivity contribution in [3.8, 4) is 11.5 Å². The number of hydrogen-bond acceptors (Lipinski definition) is 4. The van der Waals surface area contributed by atoms with Crippen molar-refractivity contribution >= 4 is 11.8 Å². The maximum absolute atomic E-state index is 9.25.